The van der Waals surface area contributed by atoms with Crippen molar-refractivity contribution in [2.24, 2.45) is 0 Å². The fraction of sp³-hybridized carbons (Fsp3) is 0.429. The van der Waals surface area contributed by atoms with Gasteiger partial charge >= 0.3 is 11.9 Å². The van der Waals surface area contributed by atoms with E-state index in [-0.39, 0.29) is 0 Å². The third kappa shape index (κ3) is 4.32. The number of carbonyl (C=O) groups excluding carboxylic acids is 4. The van der Waals surface area contributed by atoms with Crippen molar-refractivity contribution < 1.29 is 23.9 Å². The van der Waals surface area contributed by atoms with Gasteiger partial charge in [0, 0.05) is 6.92 Å². The molecule has 0 aliphatic rings. The average Bonchev–Trinajstić information content (AvgIpc) is 1.84. The first kappa shape index (κ1) is 10.5. The van der Waals surface area contributed by atoms with Crippen LogP contribution < -0.4 is 0 Å². The standard InChI is InChI=1S/C7H8O5/c1-4(8)3-6(10)12-7(11)5(2)9/h3H2,1-2H3. The Bertz CT molecular complexity index is 240. The molecule has 0 aromatic rings. The second kappa shape index (κ2) is 4.38. The van der Waals surface area contributed by atoms with Crippen LogP contribution in [-0.2, 0) is 23.9 Å². The first-order valence-corrected chi connectivity index (χ1v) is 3.18. The molecule has 0 bridgehead atoms. The summed E-state index contributed by atoms with van der Waals surface area (Å²) in [6, 6.07) is 0. The second-order valence-electron chi connectivity index (χ2n) is 2.20. The summed E-state index contributed by atoms with van der Waals surface area (Å²) >= 11 is 0. The summed E-state index contributed by atoms with van der Waals surface area (Å²) in [4.78, 5) is 41.5. The molecular weight excluding hydrogens is 164 g/mol. The molecule has 0 aliphatic carbocycles. The Hall–Kier alpha value is -1.52. The van der Waals surface area contributed by atoms with Crippen LogP contribution >= 0.6 is 0 Å². The van der Waals surface area contributed by atoms with Crippen LogP contribution in [0.15, 0.2) is 0 Å². The van der Waals surface area contributed by atoms with E-state index in [0.717, 1.165) is 6.92 Å². The summed E-state index contributed by atoms with van der Waals surface area (Å²) in [5.41, 5.74) is 0. The molecule has 66 valence electrons. The quantitative estimate of drug-likeness (QED) is 0.329. The largest absolute Gasteiger partial charge is 0.387 e. The van der Waals surface area contributed by atoms with Crippen molar-refractivity contribution in [1.29, 1.82) is 0 Å². The van der Waals surface area contributed by atoms with Crippen molar-refractivity contribution in [2.45, 2.75) is 20.3 Å². The Morgan fingerprint density at radius 2 is 1.58 bits per heavy atom. The molecule has 5 heteroatoms. The van der Waals surface area contributed by atoms with Crippen LogP contribution in [0.1, 0.15) is 20.3 Å². The molecule has 0 unspecified atom stereocenters. The van der Waals surface area contributed by atoms with Gasteiger partial charge in [0.2, 0.25) is 5.78 Å². The van der Waals surface area contributed by atoms with E-state index in [9.17, 15) is 19.2 Å². The van der Waals surface area contributed by atoms with Crippen molar-refractivity contribution in [3.63, 3.8) is 0 Å². The molecular formula is C7H8O5. The van der Waals surface area contributed by atoms with Crippen LogP contribution in [0.25, 0.3) is 0 Å². The van der Waals surface area contributed by atoms with Gasteiger partial charge in [0.05, 0.1) is 0 Å². The van der Waals surface area contributed by atoms with E-state index in [4.69, 9.17) is 0 Å². The van der Waals surface area contributed by atoms with Gasteiger partial charge in [0.15, 0.2) is 0 Å². The molecule has 0 fully saturated rings. The lowest BCUT2D eigenvalue weighted by Crippen LogP contribution is -2.19. The van der Waals surface area contributed by atoms with E-state index in [1.165, 1.54) is 6.92 Å². The molecule has 0 rings (SSSR count). The lowest BCUT2D eigenvalue weighted by molar-refractivity contribution is -0.164. The van der Waals surface area contributed by atoms with Gasteiger partial charge in [-0.1, -0.05) is 0 Å². The first-order chi connectivity index (χ1) is 5.43. The molecule has 0 N–H and O–H groups in total. The van der Waals surface area contributed by atoms with Crippen LogP contribution in [-0.4, -0.2) is 23.5 Å². The highest BCUT2D eigenvalue weighted by molar-refractivity contribution is 6.34. The average molecular weight is 172 g/mol. The Morgan fingerprint density at radius 3 is 1.92 bits per heavy atom. The molecule has 0 spiro atoms. The number of rotatable bonds is 3. The minimum Gasteiger partial charge on any atom is -0.387 e. The molecule has 0 aromatic heterocycles. The van der Waals surface area contributed by atoms with Gasteiger partial charge in [0.1, 0.15) is 12.2 Å². The summed E-state index contributed by atoms with van der Waals surface area (Å²) in [6.45, 7) is 2.16. The maximum Gasteiger partial charge on any atom is 0.381 e. The lowest BCUT2D eigenvalue weighted by atomic mass is 10.3. The minimum atomic E-state index is -1.23. The lowest BCUT2D eigenvalue weighted by Gasteiger charge is -1.96. The van der Waals surface area contributed by atoms with Gasteiger partial charge < -0.3 is 4.74 Å². The predicted molar refractivity (Wildman–Crippen MR) is 37.1 cm³/mol. The molecule has 0 atom stereocenters. The molecule has 0 saturated heterocycles. The molecule has 0 heterocycles. The highest BCUT2D eigenvalue weighted by Crippen LogP contribution is 1.89. The SMILES string of the molecule is CC(=O)CC(=O)OC(=O)C(C)=O. The highest BCUT2D eigenvalue weighted by atomic mass is 16.6. The Balaban J connectivity index is 3.94. The van der Waals surface area contributed by atoms with Gasteiger partial charge in [-0.25, -0.2) is 4.79 Å². The van der Waals surface area contributed by atoms with Crippen molar-refractivity contribution in [3.8, 4) is 0 Å². The molecule has 0 radical (unpaired) electrons. The zero-order valence-electron chi connectivity index (χ0n) is 6.75. The van der Waals surface area contributed by atoms with Crippen molar-refractivity contribution in [1.82, 2.24) is 0 Å². The number of ketones is 2. The predicted octanol–water partition coefficient (Wildman–Crippen LogP) is -0.376. The van der Waals surface area contributed by atoms with Gasteiger partial charge in [-0.2, -0.15) is 0 Å². The Kier molecular flexibility index (Phi) is 3.82. The maximum atomic E-state index is 10.6. The second-order valence-corrected chi connectivity index (χ2v) is 2.20. The van der Waals surface area contributed by atoms with Crippen LogP contribution in [0.5, 0.6) is 0 Å². The van der Waals surface area contributed by atoms with E-state index < -0.39 is 29.9 Å². The maximum absolute atomic E-state index is 10.6. The number of ether oxygens (including phenoxy) is 1. The van der Waals surface area contributed by atoms with Crippen molar-refractivity contribution >= 4 is 23.5 Å². The summed E-state index contributed by atoms with van der Waals surface area (Å²) < 4.78 is 3.97. The van der Waals surface area contributed by atoms with Crippen LogP contribution in [0.3, 0.4) is 0 Å². The van der Waals surface area contributed by atoms with Crippen molar-refractivity contribution in [3.05, 3.63) is 0 Å². The summed E-state index contributed by atoms with van der Waals surface area (Å²) in [5.74, 6) is -3.52. The van der Waals surface area contributed by atoms with E-state index in [0.29, 0.717) is 0 Å². The summed E-state index contributed by atoms with van der Waals surface area (Å²) in [5, 5.41) is 0. The number of Topliss-reactive ketones (excluding diaryl/α,β-unsaturated/α-hetero) is 2. The fourth-order valence-corrected chi connectivity index (χ4v) is 0.415. The molecule has 5 nitrogen and oxygen atoms in total. The Morgan fingerprint density at radius 1 is 1.08 bits per heavy atom. The summed E-state index contributed by atoms with van der Waals surface area (Å²) in [6.07, 6.45) is -0.487. The van der Waals surface area contributed by atoms with Crippen LogP contribution in [0.4, 0.5) is 0 Å². The third-order valence-corrected chi connectivity index (χ3v) is 0.887. The highest BCUT2D eigenvalue weighted by Gasteiger charge is 2.15. The monoisotopic (exact) mass is 172 g/mol. The van der Waals surface area contributed by atoms with Gasteiger partial charge in [-0.05, 0) is 6.92 Å². The molecule has 12 heavy (non-hydrogen) atoms. The molecule has 0 saturated carbocycles. The van der Waals surface area contributed by atoms with Crippen LogP contribution in [0.2, 0.25) is 0 Å². The van der Waals surface area contributed by atoms with E-state index in [1.807, 2.05) is 0 Å². The number of hydrogen-bond acceptors (Lipinski definition) is 5. The Labute approximate surface area is 68.7 Å². The normalized spacial score (nSPS) is 8.83. The zero-order valence-corrected chi connectivity index (χ0v) is 6.75. The first-order valence-electron chi connectivity index (χ1n) is 3.18. The zero-order chi connectivity index (χ0) is 9.72. The number of esters is 2. The van der Waals surface area contributed by atoms with Crippen LogP contribution in [0, 0.1) is 0 Å². The van der Waals surface area contributed by atoms with E-state index >= 15 is 0 Å². The fourth-order valence-electron chi connectivity index (χ4n) is 0.415. The summed E-state index contributed by atoms with van der Waals surface area (Å²) in [7, 11) is 0. The smallest absolute Gasteiger partial charge is 0.381 e. The minimum absolute atomic E-state index is 0.420. The van der Waals surface area contributed by atoms with E-state index in [1.54, 1.807) is 0 Å². The topological polar surface area (TPSA) is 77.5 Å². The number of carbonyl (C=O) groups is 4. The molecule has 0 amide bonds. The molecule has 0 aliphatic heterocycles. The number of hydrogen-bond donors (Lipinski definition) is 0. The molecule has 0 aromatic carbocycles. The van der Waals surface area contributed by atoms with Gasteiger partial charge in [-0.3, -0.25) is 14.4 Å². The third-order valence-electron chi connectivity index (χ3n) is 0.887. The van der Waals surface area contributed by atoms with E-state index in [2.05, 4.69) is 4.74 Å². The van der Waals surface area contributed by atoms with Gasteiger partial charge in [0.25, 0.3) is 0 Å². The van der Waals surface area contributed by atoms with Gasteiger partial charge in [-0.15, -0.1) is 0 Å². The van der Waals surface area contributed by atoms with Crippen molar-refractivity contribution in [2.75, 3.05) is 0 Å².